The molecule has 1 aliphatic rings. The van der Waals surface area contributed by atoms with Gasteiger partial charge in [-0.2, -0.15) is 0 Å². The molecule has 0 spiro atoms. The molecule has 196 valence electrons. The molecule has 1 fully saturated rings. The lowest BCUT2D eigenvalue weighted by Gasteiger charge is -2.27. The molecule has 1 amide bonds. The summed E-state index contributed by atoms with van der Waals surface area (Å²) >= 11 is 0. The van der Waals surface area contributed by atoms with E-state index in [1.54, 1.807) is 0 Å². The number of nitro benzene ring substituents is 1. The second-order valence-electron chi connectivity index (χ2n) is 9.43. The number of hydrogen-bond donors (Lipinski definition) is 1. The molecule has 4 rings (SSSR count). The molecule has 8 nitrogen and oxygen atoms in total. The SMILES string of the molecule is CCN(CC)c1ccc(C2/C(=C(/O)c3cccc([N+](=O)[O-])c3)C(=O)C(=O)N2Cc2cc(C)ccc2C)cc1. The number of benzene rings is 3. The highest BCUT2D eigenvalue weighted by atomic mass is 16.6. The Morgan fingerprint density at radius 2 is 1.68 bits per heavy atom. The highest BCUT2D eigenvalue weighted by Crippen LogP contribution is 2.41. The summed E-state index contributed by atoms with van der Waals surface area (Å²) in [5, 5.41) is 22.6. The van der Waals surface area contributed by atoms with Gasteiger partial charge in [0, 0.05) is 43.0 Å². The Balaban J connectivity index is 1.87. The summed E-state index contributed by atoms with van der Waals surface area (Å²) in [6.07, 6.45) is 0. The van der Waals surface area contributed by atoms with E-state index in [0.717, 1.165) is 35.5 Å². The molecular weight excluding hydrogens is 482 g/mol. The number of aliphatic hydroxyl groups excluding tert-OH is 1. The molecule has 0 radical (unpaired) electrons. The third-order valence-electron chi connectivity index (χ3n) is 7.05. The second-order valence-corrected chi connectivity index (χ2v) is 9.43. The summed E-state index contributed by atoms with van der Waals surface area (Å²) in [5.41, 5.74) is 4.36. The van der Waals surface area contributed by atoms with Crippen LogP contribution in [0.1, 0.15) is 47.7 Å². The smallest absolute Gasteiger partial charge is 0.295 e. The van der Waals surface area contributed by atoms with Gasteiger partial charge in [-0.05, 0) is 56.5 Å². The maximum Gasteiger partial charge on any atom is 0.295 e. The minimum absolute atomic E-state index is 0.0867. The molecule has 0 aromatic heterocycles. The number of Topliss-reactive ketones (excluding diaryl/α,β-unsaturated/α-hetero) is 1. The molecule has 8 heteroatoms. The van der Waals surface area contributed by atoms with E-state index >= 15 is 0 Å². The lowest BCUT2D eigenvalue weighted by molar-refractivity contribution is -0.384. The zero-order chi connectivity index (χ0) is 27.6. The van der Waals surface area contributed by atoms with Gasteiger partial charge in [0.1, 0.15) is 5.76 Å². The van der Waals surface area contributed by atoms with E-state index in [2.05, 4.69) is 18.7 Å². The normalized spacial score (nSPS) is 16.6. The zero-order valence-corrected chi connectivity index (χ0v) is 22.0. The molecule has 3 aromatic carbocycles. The summed E-state index contributed by atoms with van der Waals surface area (Å²) in [7, 11) is 0. The Kier molecular flexibility index (Phi) is 7.62. The van der Waals surface area contributed by atoms with E-state index < -0.39 is 28.4 Å². The van der Waals surface area contributed by atoms with Crippen LogP contribution in [0.15, 0.2) is 72.3 Å². The van der Waals surface area contributed by atoms with Crippen molar-refractivity contribution in [3.63, 3.8) is 0 Å². The van der Waals surface area contributed by atoms with Gasteiger partial charge in [0.05, 0.1) is 16.5 Å². The fourth-order valence-electron chi connectivity index (χ4n) is 4.92. The molecule has 38 heavy (non-hydrogen) atoms. The van der Waals surface area contributed by atoms with Gasteiger partial charge in [-0.1, -0.05) is 48.0 Å². The Labute approximate surface area is 222 Å². The average Bonchev–Trinajstić information content (AvgIpc) is 3.16. The lowest BCUT2D eigenvalue weighted by atomic mass is 9.94. The number of hydrogen-bond acceptors (Lipinski definition) is 6. The van der Waals surface area contributed by atoms with E-state index in [4.69, 9.17) is 0 Å². The molecule has 0 aliphatic carbocycles. The molecule has 0 saturated carbocycles. The zero-order valence-electron chi connectivity index (χ0n) is 22.0. The number of anilines is 1. The minimum Gasteiger partial charge on any atom is -0.507 e. The molecule has 0 bridgehead atoms. The second kappa shape index (κ2) is 10.9. The van der Waals surface area contributed by atoms with Crippen LogP contribution in [0.4, 0.5) is 11.4 Å². The van der Waals surface area contributed by atoms with Crippen LogP contribution in [0.5, 0.6) is 0 Å². The Hall–Kier alpha value is -4.46. The van der Waals surface area contributed by atoms with Crippen molar-refractivity contribution in [2.24, 2.45) is 0 Å². The predicted molar refractivity (Wildman–Crippen MR) is 147 cm³/mol. The van der Waals surface area contributed by atoms with Crippen molar-refractivity contribution >= 4 is 28.8 Å². The van der Waals surface area contributed by atoms with E-state index in [0.29, 0.717) is 5.56 Å². The first kappa shape index (κ1) is 26.6. The van der Waals surface area contributed by atoms with E-state index in [1.807, 2.05) is 56.3 Å². The maximum absolute atomic E-state index is 13.4. The van der Waals surface area contributed by atoms with Gasteiger partial charge in [0.2, 0.25) is 0 Å². The number of ketones is 1. The molecule has 1 aliphatic heterocycles. The van der Waals surface area contributed by atoms with Gasteiger partial charge in [0.25, 0.3) is 17.4 Å². The van der Waals surface area contributed by atoms with E-state index in [9.17, 15) is 24.8 Å². The van der Waals surface area contributed by atoms with Crippen LogP contribution in [-0.4, -0.2) is 39.7 Å². The third-order valence-corrected chi connectivity index (χ3v) is 7.05. The number of non-ortho nitro benzene ring substituents is 1. The number of likely N-dealkylation sites (tertiary alicyclic amines) is 1. The van der Waals surface area contributed by atoms with Crippen molar-refractivity contribution in [2.75, 3.05) is 18.0 Å². The third kappa shape index (κ3) is 5.02. The van der Waals surface area contributed by atoms with E-state index in [1.165, 1.54) is 29.2 Å². The van der Waals surface area contributed by atoms with Crippen LogP contribution in [0, 0.1) is 24.0 Å². The maximum atomic E-state index is 13.4. The number of aliphatic hydroxyl groups is 1. The van der Waals surface area contributed by atoms with Crippen molar-refractivity contribution in [3.05, 3.63) is 110 Å². The summed E-state index contributed by atoms with van der Waals surface area (Å²) in [6, 6.07) is 18.1. The number of amides is 1. The van der Waals surface area contributed by atoms with Crippen LogP contribution in [0.3, 0.4) is 0 Å². The van der Waals surface area contributed by atoms with Crippen LogP contribution in [0.2, 0.25) is 0 Å². The van der Waals surface area contributed by atoms with Gasteiger partial charge < -0.3 is 14.9 Å². The predicted octanol–water partition coefficient (Wildman–Crippen LogP) is 5.68. The summed E-state index contributed by atoms with van der Waals surface area (Å²) < 4.78 is 0. The van der Waals surface area contributed by atoms with Gasteiger partial charge in [-0.25, -0.2) is 0 Å². The van der Waals surface area contributed by atoms with Gasteiger partial charge in [0.15, 0.2) is 0 Å². The van der Waals surface area contributed by atoms with E-state index in [-0.39, 0.29) is 23.4 Å². The molecule has 1 saturated heterocycles. The molecule has 1 heterocycles. The Bertz CT molecular complexity index is 1420. The van der Waals surface area contributed by atoms with Crippen LogP contribution in [0.25, 0.3) is 5.76 Å². The fourth-order valence-corrected chi connectivity index (χ4v) is 4.92. The Morgan fingerprint density at radius 1 is 1.00 bits per heavy atom. The summed E-state index contributed by atoms with van der Waals surface area (Å²) in [4.78, 5) is 41.2. The topological polar surface area (TPSA) is 104 Å². The van der Waals surface area contributed by atoms with Crippen LogP contribution >= 0.6 is 0 Å². The largest absolute Gasteiger partial charge is 0.507 e. The Morgan fingerprint density at radius 3 is 2.32 bits per heavy atom. The highest BCUT2D eigenvalue weighted by molar-refractivity contribution is 6.46. The standard InChI is InChI=1S/C30H31N3O5/c1-5-31(6-2)24-14-12-21(13-15-24)27-26(28(34)22-8-7-9-25(17-22)33(37)38)29(35)30(36)32(27)18-23-16-19(3)10-11-20(23)4/h7-17,27,34H,5-6,18H2,1-4H3/b28-26-. The molecule has 1 unspecified atom stereocenters. The van der Waals surface area contributed by atoms with Crippen LogP contribution in [-0.2, 0) is 16.1 Å². The quantitative estimate of drug-likeness (QED) is 0.137. The minimum atomic E-state index is -0.861. The van der Waals surface area contributed by atoms with Gasteiger partial charge in [-0.15, -0.1) is 0 Å². The van der Waals surface area contributed by atoms with Crippen molar-refractivity contribution in [1.29, 1.82) is 0 Å². The fraction of sp³-hybridized carbons (Fsp3) is 0.267. The number of carbonyl (C=O) groups is 2. The monoisotopic (exact) mass is 513 g/mol. The first-order valence-corrected chi connectivity index (χ1v) is 12.6. The number of aryl methyl sites for hydroxylation is 2. The first-order chi connectivity index (χ1) is 18.2. The molecule has 1 N–H and O–H groups in total. The van der Waals surface area contributed by atoms with Gasteiger partial charge in [-0.3, -0.25) is 19.7 Å². The first-order valence-electron chi connectivity index (χ1n) is 12.6. The number of rotatable bonds is 8. The molecule has 1 atom stereocenters. The highest BCUT2D eigenvalue weighted by Gasteiger charge is 2.46. The summed E-state index contributed by atoms with van der Waals surface area (Å²) in [5.74, 6) is -1.99. The number of nitrogens with zero attached hydrogens (tertiary/aromatic N) is 3. The summed E-state index contributed by atoms with van der Waals surface area (Å²) in [6.45, 7) is 9.87. The van der Waals surface area contributed by atoms with Crippen molar-refractivity contribution in [2.45, 2.75) is 40.3 Å². The van der Waals surface area contributed by atoms with Gasteiger partial charge >= 0.3 is 0 Å². The molecular formula is C30H31N3O5. The average molecular weight is 514 g/mol. The van der Waals surface area contributed by atoms with Crippen molar-refractivity contribution in [1.82, 2.24) is 4.90 Å². The number of nitro groups is 1. The van der Waals surface area contributed by atoms with Crippen molar-refractivity contribution in [3.8, 4) is 0 Å². The number of carbonyl (C=O) groups excluding carboxylic acids is 2. The lowest BCUT2D eigenvalue weighted by Crippen LogP contribution is -2.29. The molecule has 3 aromatic rings. The van der Waals surface area contributed by atoms with Crippen molar-refractivity contribution < 1.29 is 19.6 Å². The van der Waals surface area contributed by atoms with Crippen LogP contribution < -0.4 is 4.90 Å².